The molecule has 0 spiro atoms. The first-order chi connectivity index (χ1) is 18.2. The van der Waals surface area contributed by atoms with E-state index in [0.717, 1.165) is 16.7 Å². The van der Waals surface area contributed by atoms with Gasteiger partial charge in [-0.25, -0.2) is 4.79 Å². The second-order valence-corrected chi connectivity index (χ2v) is 10.5. The highest BCUT2D eigenvalue weighted by Crippen LogP contribution is 2.41. The number of benzene rings is 3. The molecule has 0 bridgehead atoms. The molecule has 1 aromatic heterocycles. The van der Waals surface area contributed by atoms with Crippen LogP contribution in [-0.4, -0.2) is 40.7 Å². The van der Waals surface area contributed by atoms with Crippen LogP contribution in [0.15, 0.2) is 97.2 Å². The molecule has 1 fully saturated rings. The molecule has 194 valence electrons. The fourth-order valence-electron chi connectivity index (χ4n) is 4.99. The van der Waals surface area contributed by atoms with Gasteiger partial charge in [0.15, 0.2) is 5.69 Å². The van der Waals surface area contributed by atoms with Gasteiger partial charge in [0, 0.05) is 11.7 Å². The summed E-state index contributed by atoms with van der Waals surface area (Å²) in [6, 6.07) is 30.6. The van der Waals surface area contributed by atoms with Crippen LogP contribution < -0.4 is 5.46 Å². The van der Waals surface area contributed by atoms with Crippen molar-refractivity contribution in [1.29, 1.82) is 0 Å². The number of esters is 1. The van der Waals surface area contributed by atoms with E-state index >= 15 is 0 Å². The molecule has 4 aromatic rings. The Bertz CT molecular complexity index is 1290. The van der Waals surface area contributed by atoms with Crippen LogP contribution in [0.25, 0.3) is 0 Å². The number of nitrogens with zero attached hydrogens (tertiary/aromatic N) is 2. The van der Waals surface area contributed by atoms with Gasteiger partial charge in [-0.2, -0.15) is 5.10 Å². The molecule has 3 aromatic carbocycles. The monoisotopic (exact) mass is 508 g/mol. The molecular formula is C31H33BN2O4. The molecule has 0 atom stereocenters. The molecule has 0 unspecified atom stereocenters. The van der Waals surface area contributed by atoms with Gasteiger partial charge in [-0.15, -0.1) is 0 Å². The third-order valence-corrected chi connectivity index (χ3v) is 7.64. The van der Waals surface area contributed by atoms with Gasteiger partial charge in [0.25, 0.3) is 0 Å². The zero-order valence-electron chi connectivity index (χ0n) is 22.5. The molecule has 5 rings (SSSR count). The highest BCUT2D eigenvalue weighted by Gasteiger charge is 2.54. The minimum absolute atomic E-state index is 0.178. The van der Waals surface area contributed by atoms with Crippen LogP contribution in [0.1, 0.15) is 61.8 Å². The van der Waals surface area contributed by atoms with Crippen LogP contribution in [0.2, 0.25) is 0 Å². The number of aromatic nitrogens is 2. The van der Waals surface area contributed by atoms with Crippen molar-refractivity contribution < 1.29 is 18.8 Å². The van der Waals surface area contributed by atoms with Crippen molar-refractivity contribution in [2.45, 2.75) is 51.4 Å². The summed E-state index contributed by atoms with van der Waals surface area (Å²) < 4.78 is 20.1. The van der Waals surface area contributed by atoms with Gasteiger partial charge in [0.1, 0.15) is 5.54 Å². The second kappa shape index (κ2) is 9.89. The predicted octanol–water partition coefficient (Wildman–Crippen LogP) is 5.20. The zero-order valence-corrected chi connectivity index (χ0v) is 22.5. The third kappa shape index (κ3) is 4.26. The summed E-state index contributed by atoms with van der Waals surface area (Å²) >= 11 is 0. The Labute approximate surface area is 224 Å². The van der Waals surface area contributed by atoms with E-state index in [2.05, 4.69) is 36.4 Å². The largest absolute Gasteiger partial charge is 0.498 e. The smallest absolute Gasteiger partial charge is 0.461 e. The Kier molecular flexibility index (Phi) is 6.76. The van der Waals surface area contributed by atoms with Gasteiger partial charge in [0.05, 0.1) is 17.8 Å². The molecule has 7 heteroatoms. The van der Waals surface area contributed by atoms with Crippen molar-refractivity contribution in [3.63, 3.8) is 0 Å². The molecular weight excluding hydrogens is 475 g/mol. The molecule has 0 N–H and O–H groups in total. The van der Waals surface area contributed by atoms with E-state index in [0.29, 0.717) is 5.46 Å². The highest BCUT2D eigenvalue weighted by molar-refractivity contribution is 6.63. The van der Waals surface area contributed by atoms with Crippen LogP contribution in [0.3, 0.4) is 0 Å². The summed E-state index contributed by atoms with van der Waals surface area (Å²) in [6.45, 7) is 9.97. The maximum atomic E-state index is 13.3. The van der Waals surface area contributed by atoms with Crippen LogP contribution in [-0.2, 0) is 19.6 Å². The Morgan fingerprint density at radius 2 is 1.24 bits per heavy atom. The van der Waals surface area contributed by atoms with Gasteiger partial charge in [-0.05, 0) is 51.3 Å². The Morgan fingerprint density at radius 1 is 0.816 bits per heavy atom. The van der Waals surface area contributed by atoms with Crippen LogP contribution in [0.5, 0.6) is 0 Å². The summed E-state index contributed by atoms with van der Waals surface area (Å²) in [5.41, 5.74) is 1.66. The minimum Gasteiger partial charge on any atom is -0.461 e. The van der Waals surface area contributed by atoms with E-state index in [1.807, 2.05) is 93.2 Å². The predicted molar refractivity (Wildman–Crippen MR) is 149 cm³/mol. The topological polar surface area (TPSA) is 62.6 Å². The van der Waals surface area contributed by atoms with Crippen molar-refractivity contribution in [3.05, 3.63) is 120 Å². The van der Waals surface area contributed by atoms with E-state index in [9.17, 15) is 4.79 Å². The molecule has 2 heterocycles. The van der Waals surface area contributed by atoms with Gasteiger partial charge in [0.2, 0.25) is 0 Å². The van der Waals surface area contributed by atoms with Crippen LogP contribution in [0.4, 0.5) is 0 Å². The second-order valence-electron chi connectivity index (χ2n) is 10.5. The molecule has 0 saturated carbocycles. The number of ether oxygens (including phenoxy) is 1. The first kappa shape index (κ1) is 26.0. The van der Waals surface area contributed by atoms with Crippen molar-refractivity contribution in [3.8, 4) is 0 Å². The normalized spacial score (nSPS) is 16.4. The maximum absolute atomic E-state index is 13.3. The average molecular weight is 508 g/mol. The molecule has 6 nitrogen and oxygen atoms in total. The van der Waals surface area contributed by atoms with E-state index in [-0.39, 0.29) is 12.3 Å². The Hall–Kier alpha value is -3.68. The first-order valence-electron chi connectivity index (χ1n) is 13.0. The molecule has 38 heavy (non-hydrogen) atoms. The molecule has 0 radical (unpaired) electrons. The molecule has 1 aliphatic rings. The number of carbonyl (C=O) groups excluding carboxylic acids is 1. The van der Waals surface area contributed by atoms with E-state index < -0.39 is 29.8 Å². The van der Waals surface area contributed by atoms with Gasteiger partial charge < -0.3 is 14.0 Å². The summed E-state index contributed by atoms with van der Waals surface area (Å²) in [4.78, 5) is 13.3. The number of hydrogen-bond acceptors (Lipinski definition) is 5. The SMILES string of the molecule is CCOC(=O)c1nn(C(c2ccccc2)(c2ccccc2)c2ccccc2)cc1B1OC(C)(C)C(C)(C)O1. The summed E-state index contributed by atoms with van der Waals surface area (Å²) in [5, 5.41) is 4.95. The van der Waals surface area contributed by atoms with Crippen molar-refractivity contribution in [2.75, 3.05) is 6.61 Å². The molecule has 0 aliphatic carbocycles. The van der Waals surface area contributed by atoms with Gasteiger partial charge >= 0.3 is 13.1 Å². The third-order valence-electron chi connectivity index (χ3n) is 7.64. The summed E-state index contributed by atoms with van der Waals surface area (Å²) in [5.74, 6) is -0.515. The number of rotatable bonds is 7. The van der Waals surface area contributed by atoms with E-state index in [1.54, 1.807) is 6.92 Å². The van der Waals surface area contributed by atoms with Crippen molar-refractivity contribution in [2.24, 2.45) is 0 Å². The standard InChI is InChI=1S/C31H33BN2O4/c1-6-36-28(35)27-26(32-37-29(2,3)30(4,5)38-32)22-34(33-27)31(23-16-10-7-11-17-23,24-18-12-8-13-19-24)25-20-14-9-15-21-25/h7-22H,6H2,1-5H3. The highest BCUT2D eigenvalue weighted by atomic mass is 16.7. The lowest BCUT2D eigenvalue weighted by Gasteiger charge is -2.36. The Balaban J connectivity index is 1.81. The van der Waals surface area contributed by atoms with E-state index in [4.69, 9.17) is 19.1 Å². The zero-order chi connectivity index (χ0) is 27.0. The summed E-state index contributed by atoms with van der Waals surface area (Å²) in [6.07, 6.45) is 1.88. The Morgan fingerprint density at radius 3 is 1.63 bits per heavy atom. The van der Waals surface area contributed by atoms with E-state index in [1.165, 1.54) is 0 Å². The fraction of sp³-hybridized carbons (Fsp3) is 0.290. The lowest BCUT2D eigenvalue weighted by Crippen LogP contribution is -2.41. The lowest BCUT2D eigenvalue weighted by molar-refractivity contribution is 0.00578. The fourth-order valence-corrected chi connectivity index (χ4v) is 4.99. The van der Waals surface area contributed by atoms with Gasteiger partial charge in [-0.1, -0.05) is 91.0 Å². The molecule has 1 aliphatic heterocycles. The van der Waals surface area contributed by atoms with Gasteiger partial charge in [-0.3, -0.25) is 4.68 Å². The average Bonchev–Trinajstić information content (AvgIpc) is 3.45. The molecule has 1 saturated heterocycles. The number of carbonyl (C=O) groups is 1. The van der Waals surface area contributed by atoms with Crippen LogP contribution in [0, 0.1) is 0 Å². The van der Waals surface area contributed by atoms with Crippen molar-refractivity contribution in [1.82, 2.24) is 9.78 Å². The minimum atomic E-state index is -0.882. The number of hydrogen-bond donors (Lipinski definition) is 0. The van der Waals surface area contributed by atoms with Crippen LogP contribution >= 0.6 is 0 Å². The quantitative estimate of drug-likeness (QED) is 0.195. The first-order valence-corrected chi connectivity index (χ1v) is 13.0. The maximum Gasteiger partial charge on any atom is 0.498 e. The molecule has 0 amide bonds. The summed E-state index contributed by atoms with van der Waals surface area (Å²) in [7, 11) is -0.784. The lowest BCUT2D eigenvalue weighted by atomic mass is 9.76. The van der Waals surface area contributed by atoms with Crippen molar-refractivity contribution >= 4 is 18.6 Å².